The summed E-state index contributed by atoms with van der Waals surface area (Å²) >= 11 is 1.46. The number of sulfonamides is 1. The fourth-order valence-corrected chi connectivity index (χ4v) is 9.77. The number of fused-ring (bicyclic) bond motifs is 1. The van der Waals surface area contributed by atoms with E-state index in [9.17, 15) is 18.0 Å². The fourth-order valence-electron chi connectivity index (χ4n) is 6.82. The van der Waals surface area contributed by atoms with E-state index in [-0.39, 0.29) is 27.8 Å². The number of nitrogens with zero attached hydrogens (tertiary/aromatic N) is 2. The number of nitrogens with one attached hydrogen (secondary N) is 2. The van der Waals surface area contributed by atoms with Gasteiger partial charge < -0.3 is 15.5 Å². The van der Waals surface area contributed by atoms with E-state index in [4.69, 9.17) is 0 Å². The first kappa shape index (κ1) is 29.2. The molecule has 218 valence electrons. The smallest absolute Gasteiger partial charge is 0.257 e. The van der Waals surface area contributed by atoms with Crippen molar-refractivity contribution in [2.75, 3.05) is 31.5 Å². The number of piperidine rings is 1. The molecular formula is C30H42N4O4S2. The Bertz CT molecular complexity index is 1400. The lowest BCUT2D eigenvalue weighted by molar-refractivity contribution is 0.0792. The van der Waals surface area contributed by atoms with Gasteiger partial charge in [0.05, 0.1) is 10.5 Å². The Kier molecular flexibility index (Phi) is 7.70. The molecule has 3 aliphatic rings. The third kappa shape index (κ3) is 5.60. The topological polar surface area (TPSA) is 98.8 Å². The molecule has 0 radical (unpaired) electrons. The molecule has 8 nitrogen and oxygen atoms in total. The minimum Gasteiger partial charge on any atom is -0.339 e. The van der Waals surface area contributed by atoms with E-state index in [2.05, 4.69) is 52.2 Å². The van der Waals surface area contributed by atoms with Gasteiger partial charge in [-0.1, -0.05) is 13.8 Å². The van der Waals surface area contributed by atoms with Gasteiger partial charge in [0.15, 0.2) is 0 Å². The lowest BCUT2D eigenvalue weighted by Gasteiger charge is -2.42. The van der Waals surface area contributed by atoms with E-state index in [0.717, 1.165) is 42.8 Å². The molecule has 0 saturated carbocycles. The fraction of sp³-hybridized carbons (Fsp3) is 0.600. The van der Waals surface area contributed by atoms with Crippen LogP contribution in [-0.4, -0.2) is 61.2 Å². The summed E-state index contributed by atoms with van der Waals surface area (Å²) < 4.78 is 28.2. The molecule has 2 saturated heterocycles. The number of amides is 2. The number of thiophene rings is 1. The largest absolute Gasteiger partial charge is 0.339 e. The molecule has 2 fully saturated rings. The number of likely N-dealkylation sites (tertiary alicyclic amines) is 1. The molecule has 10 heteroatoms. The monoisotopic (exact) mass is 586 g/mol. The van der Waals surface area contributed by atoms with Crippen molar-refractivity contribution in [1.29, 1.82) is 0 Å². The zero-order valence-electron chi connectivity index (χ0n) is 24.5. The summed E-state index contributed by atoms with van der Waals surface area (Å²) in [7, 11) is -3.64. The zero-order valence-corrected chi connectivity index (χ0v) is 26.1. The van der Waals surface area contributed by atoms with Crippen molar-refractivity contribution in [3.8, 4) is 0 Å². The van der Waals surface area contributed by atoms with Crippen LogP contribution in [0.2, 0.25) is 0 Å². The van der Waals surface area contributed by atoms with Crippen LogP contribution in [0.5, 0.6) is 0 Å². The predicted molar refractivity (Wildman–Crippen MR) is 160 cm³/mol. The van der Waals surface area contributed by atoms with Crippen molar-refractivity contribution in [2.24, 2.45) is 11.8 Å². The van der Waals surface area contributed by atoms with Crippen molar-refractivity contribution in [3.63, 3.8) is 0 Å². The summed E-state index contributed by atoms with van der Waals surface area (Å²) in [6, 6.07) is 6.14. The number of hydrogen-bond acceptors (Lipinski definition) is 6. The second kappa shape index (κ2) is 10.5. The van der Waals surface area contributed by atoms with Crippen LogP contribution in [0.15, 0.2) is 29.2 Å². The summed E-state index contributed by atoms with van der Waals surface area (Å²) in [6.45, 7) is 15.1. The molecule has 4 heterocycles. The van der Waals surface area contributed by atoms with Crippen molar-refractivity contribution in [1.82, 2.24) is 14.5 Å². The van der Waals surface area contributed by atoms with E-state index < -0.39 is 10.0 Å². The van der Waals surface area contributed by atoms with Crippen molar-refractivity contribution in [3.05, 3.63) is 45.8 Å². The molecule has 2 unspecified atom stereocenters. The predicted octanol–water partition coefficient (Wildman–Crippen LogP) is 5.06. The van der Waals surface area contributed by atoms with E-state index in [1.165, 1.54) is 23.5 Å². The van der Waals surface area contributed by atoms with Crippen LogP contribution in [-0.2, 0) is 22.0 Å². The summed E-state index contributed by atoms with van der Waals surface area (Å²) in [5, 5.41) is 7.28. The first-order valence-corrected chi connectivity index (χ1v) is 16.6. The van der Waals surface area contributed by atoms with Gasteiger partial charge in [-0.15, -0.1) is 11.3 Å². The summed E-state index contributed by atoms with van der Waals surface area (Å²) in [4.78, 5) is 30.4. The Hall–Kier alpha value is -2.27. The van der Waals surface area contributed by atoms with Crippen LogP contribution >= 0.6 is 11.3 Å². The molecule has 2 N–H and O–H groups in total. The molecular weight excluding hydrogens is 544 g/mol. The van der Waals surface area contributed by atoms with Gasteiger partial charge in [-0.25, -0.2) is 8.42 Å². The van der Waals surface area contributed by atoms with Crippen LogP contribution in [0.1, 0.15) is 92.0 Å². The number of hydrogen-bond donors (Lipinski definition) is 2. The van der Waals surface area contributed by atoms with Gasteiger partial charge in [-0.2, -0.15) is 4.31 Å². The Balaban J connectivity index is 1.43. The first-order valence-electron chi connectivity index (χ1n) is 14.3. The molecule has 2 atom stereocenters. The minimum atomic E-state index is -3.64. The molecule has 0 spiro atoms. The second-order valence-electron chi connectivity index (χ2n) is 13.2. The SMILES string of the molecule is CC1CC(C)CN(S(=O)(=O)c2ccc(C(=O)Nc3sc4c(c3C(=O)N3CCCC3)CC(C)(C)NC4(C)C)cc2)C1. The highest BCUT2D eigenvalue weighted by atomic mass is 32.2. The summed E-state index contributed by atoms with van der Waals surface area (Å²) in [5.74, 6) is 0.236. The maximum absolute atomic E-state index is 13.8. The second-order valence-corrected chi connectivity index (χ2v) is 16.1. The summed E-state index contributed by atoms with van der Waals surface area (Å²) in [5.41, 5.74) is 1.40. The molecule has 0 bridgehead atoms. The number of anilines is 1. The molecule has 2 aromatic rings. The van der Waals surface area contributed by atoms with Gasteiger partial charge in [0, 0.05) is 47.7 Å². The molecule has 1 aromatic heterocycles. The summed E-state index contributed by atoms with van der Waals surface area (Å²) in [6.07, 6.45) is 3.68. The number of rotatable bonds is 5. The molecule has 0 aliphatic carbocycles. The molecule has 5 rings (SSSR count). The van der Waals surface area contributed by atoms with Gasteiger partial charge in [-0.05, 0) is 95.0 Å². The molecule has 1 aromatic carbocycles. The first-order chi connectivity index (χ1) is 18.7. The Labute approximate surface area is 242 Å². The van der Waals surface area contributed by atoms with Gasteiger partial charge >= 0.3 is 0 Å². The van der Waals surface area contributed by atoms with Crippen LogP contribution in [0.25, 0.3) is 0 Å². The highest BCUT2D eigenvalue weighted by Crippen LogP contribution is 2.45. The highest BCUT2D eigenvalue weighted by molar-refractivity contribution is 7.89. The quantitative estimate of drug-likeness (QED) is 0.510. The Morgan fingerprint density at radius 3 is 2.20 bits per heavy atom. The van der Waals surface area contributed by atoms with E-state index in [1.54, 1.807) is 16.4 Å². The van der Waals surface area contributed by atoms with Gasteiger partial charge in [0.1, 0.15) is 5.00 Å². The van der Waals surface area contributed by atoms with Crippen molar-refractivity contribution in [2.45, 2.75) is 83.2 Å². The number of benzene rings is 1. The number of carbonyl (C=O) groups excluding carboxylic acids is 2. The van der Waals surface area contributed by atoms with Gasteiger partial charge in [-0.3, -0.25) is 9.59 Å². The van der Waals surface area contributed by atoms with Crippen molar-refractivity contribution >= 4 is 38.2 Å². The maximum atomic E-state index is 13.8. The van der Waals surface area contributed by atoms with Crippen LogP contribution in [0.4, 0.5) is 5.00 Å². The highest BCUT2D eigenvalue weighted by Gasteiger charge is 2.42. The average molecular weight is 587 g/mol. The average Bonchev–Trinajstić information content (AvgIpc) is 3.51. The Morgan fingerprint density at radius 1 is 1.00 bits per heavy atom. The van der Waals surface area contributed by atoms with Gasteiger partial charge in [0.25, 0.3) is 11.8 Å². The van der Waals surface area contributed by atoms with E-state index in [0.29, 0.717) is 47.5 Å². The zero-order chi connectivity index (χ0) is 29.0. The van der Waals surface area contributed by atoms with E-state index in [1.807, 2.05) is 4.90 Å². The maximum Gasteiger partial charge on any atom is 0.257 e. The molecule has 2 amide bonds. The van der Waals surface area contributed by atoms with Crippen LogP contribution in [0, 0.1) is 11.8 Å². The third-order valence-electron chi connectivity index (χ3n) is 8.27. The number of carbonyl (C=O) groups is 2. The standard InChI is InChI=1S/C30H42N4O4S2/c1-19-15-20(2)18-34(17-19)40(37,38)22-11-9-21(10-12-22)26(35)31-27-24(28(36)33-13-7-8-14-33)23-16-29(3,4)32-30(5,6)25(23)39-27/h9-12,19-20,32H,7-8,13-18H2,1-6H3,(H,31,35). The normalized spacial score (nSPS) is 24.5. The Morgan fingerprint density at radius 2 is 1.60 bits per heavy atom. The third-order valence-corrected chi connectivity index (χ3v) is 11.6. The molecule has 3 aliphatic heterocycles. The van der Waals surface area contributed by atoms with Gasteiger partial charge in [0.2, 0.25) is 10.0 Å². The van der Waals surface area contributed by atoms with Crippen LogP contribution < -0.4 is 10.6 Å². The molecule has 40 heavy (non-hydrogen) atoms. The lowest BCUT2D eigenvalue weighted by atomic mass is 9.81. The minimum absolute atomic E-state index is 0.0229. The lowest BCUT2D eigenvalue weighted by Crippen LogP contribution is -2.55. The van der Waals surface area contributed by atoms with E-state index >= 15 is 0 Å². The van der Waals surface area contributed by atoms with Crippen molar-refractivity contribution < 1.29 is 18.0 Å². The van der Waals surface area contributed by atoms with Crippen LogP contribution in [0.3, 0.4) is 0 Å².